The number of piperazine rings is 1. The van der Waals surface area contributed by atoms with Crippen molar-refractivity contribution in [1.82, 2.24) is 29.5 Å². The maximum absolute atomic E-state index is 13.0. The largest absolute Gasteiger partial charge is 0.494 e. The average Bonchev–Trinajstić information content (AvgIpc) is 3.42. The minimum Gasteiger partial charge on any atom is -0.494 e. The molecule has 0 spiro atoms. The van der Waals surface area contributed by atoms with Gasteiger partial charge in [0.1, 0.15) is 11.6 Å². The van der Waals surface area contributed by atoms with Crippen molar-refractivity contribution in [3.63, 3.8) is 0 Å². The molecule has 2 aromatic carbocycles. The number of sulfone groups is 1. The lowest BCUT2D eigenvalue weighted by Crippen LogP contribution is -2.52. The van der Waals surface area contributed by atoms with Crippen LogP contribution in [0.1, 0.15) is 19.8 Å². The average molecular weight is 699 g/mol. The second-order valence-electron chi connectivity index (χ2n) is 11.7. The van der Waals surface area contributed by atoms with E-state index in [-0.39, 0.29) is 10.6 Å². The topological polar surface area (TPSA) is 121 Å². The Labute approximate surface area is 272 Å². The third-order valence-corrected chi connectivity index (χ3v) is 11.2. The number of rotatable bonds is 9. The smallest absolute Gasteiger partial charge is 0.229 e. The number of aromatic nitrogens is 4. The molecule has 0 saturated carbocycles. The Morgan fingerprint density at radius 1 is 0.978 bits per heavy atom. The molecule has 0 bridgehead atoms. The van der Waals surface area contributed by atoms with Gasteiger partial charge in [-0.15, -0.1) is 0 Å². The van der Waals surface area contributed by atoms with Crippen LogP contribution < -0.4 is 20.3 Å². The van der Waals surface area contributed by atoms with E-state index in [1.54, 1.807) is 50.3 Å². The summed E-state index contributed by atoms with van der Waals surface area (Å²) in [6.45, 7) is 8.26. The fraction of sp³-hybridized carbons (Fsp3) is 0.452. The molecule has 4 heterocycles. The summed E-state index contributed by atoms with van der Waals surface area (Å²) in [7, 11) is 2.10. The molecular formula is C31H40BrN9O3S. The first-order chi connectivity index (χ1) is 21.6. The second kappa shape index (κ2) is 13.1. The number of fused-ring (bicyclic) bond motifs is 1. The monoisotopic (exact) mass is 697 g/mol. The molecule has 4 aromatic rings. The summed E-state index contributed by atoms with van der Waals surface area (Å²) in [5.41, 5.74) is 3.00. The SMILES string of the molecule is CCS(=O)(=O)c1cc2c(cnn2C)cc1Nc1nc(Nc2ccc(N3CCC(N4CCN(C)CC4)CC3)cc2OC)ncc1Br. The van der Waals surface area contributed by atoms with E-state index in [4.69, 9.17) is 4.74 Å². The number of ether oxygens (including phenoxy) is 1. The number of hydrogen-bond acceptors (Lipinski definition) is 11. The van der Waals surface area contributed by atoms with Crippen molar-refractivity contribution in [3.05, 3.63) is 47.2 Å². The van der Waals surface area contributed by atoms with E-state index in [1.807, 2.05) is 6.07 Å². The van der Waals surface area contributed by atoms with Crippen molar-refractivity contribution in [1.29, 1.82) is 0 Å². The van der Waals surface area contributed by atoms with Gasteiger partial charge in [0.15, 0.2) is 9.84 Å². The van der Waals surface area contributed by atoms with Crippen LogP contribution in [0.25, 0.3) is 10.9 Å². The van der Waals surface area contributed by atoms with E-state index in [0.717, 1.165) is 74.4 Å². The van der Waals surface area contributed by atoms with Gasteiger partial charge in [0.25, 0.3) is 0 Å². The minimum absolute atomic E-state index is 0.0349. The Morgan fingerprint density at radius 3 is 2.44 bits per heavy atom. The molecule has 2 aliphatic heterocycles. The van der Waals surface area contributed by atoms with Gasteiger partial charge in [-0.3, -0.25) is 9.58 Å². The molecule has 0 radical (unpaired) electrons. The molecule has 0 atom stereocenters. The maximum Gasteiger partial charge on any atom is 0.229 e. The summed E-state index contributed by atoms with van der Waals surface area (Å²) in [4.78, 5) is 16.8. The van der Waals surface area contributed by atoms with Gasteiger partial charge in [-0.2, -0.15) is 10.1 Å². The van der Waals surface area contributed by atoms with Gasteiger partial charge in [0.2, 0.25) is 5.95 Å². The quantitative estimate of drug-likeness (QED) is 0.255. The number of piperidine rings is 1. The van der Waals surface area contributed by atoms with Crippen molar-refractivity contribution in [2.45, 2.75) is 30.7 Å². The highest BCUT2D eigenvalue weighted by Gasteiger charge is 2.27. The van der Waals surface area contributed by atoms with Gasteiger partial charge in [-0.1, -0.05) is 6.92 Å². The highest BCUT2D eigenvalue weighted by atomic mass is 79.9. The zero-order valence-corrected chi connectivity index (χ0v) is 28.5. The Morgan fingerprint density at radius 2 is 1.73 bits per heavy atom. The van der Waals surface area contributed by atoms with Crippen LogP contribution in [0.5, 0.6) is 5.75 Å². The first kappa shape index (κ1) is 31.5. The number of methoxy groups -OCH3 is 1. The number of anilines is 5. The number of aryl methyl sites for hydroxylation is 1. The molecular weight excluding hydrogens is 658 g/mol. The number of benzene rings is 2. The molecule has 2 N–H and O–H groups in total. The van der Waals surface area contributed by atoms with Gasteiger partial charge >= 0.3 is 0 Å². The number of hydrogen-bond donors (Lipinski definition) is 2. The van der Waals surface area contributed by atoms with E-state index >= 15 is 0 Å². The first-order valence-electron chi connectivity index (χ1n) is 15.3. The van der Waals surface area contributed by atoms with Crippen LogP contribution >= 0.6 is 15.9 Å². The molecule has 14 heteroatoms. The van der Waals surface area contributed by atoms with Crippen molar-refractivity contribution in [2.24, 2.45) is 7.05 Å². The first-order valence-corrected chi connectivity index (χ1v) is 17.7. The Bertz CT molecular complexity index is 1780. The summed E-state index contributed by atoms with van der Waals surface area (Å²) in [5.74, 6) is 1.41. The molecule has 240 valence electrons. The third kappa shape index (κ3) is 6.74. The van der Waals surface area contributed by atoms with Crippen molar-refractivity contribution in [3.8, 4) is 5.75 Å². The Balaban J connectivity index is 1.19. The zero-order valence-electron chi connectivity index (χ0n) is 26.1. The predicted octanol–water partition coefficient (Wildman–Crippen LogP) is 4.63. The molecule has 2 aliphatic rings. The van der Waals surface area contributed by atoms with Gasteiger partial charge in [0, 0.05) is 75.7 Å². The van der Waals surface area contributed by atoms with Crippen LogP contribution in [0.2, 0.25) is 0 Å². The molecule has 45 heavy (non-hydrogen) atoms. The summed E-state index contributed by atoms with van der Waals surface area (Å²) >= 11 is 3.52. The van der Waals surface area contributed by atoms with Crippen LogP contribution in [0.3, 0.4) is 0 Å². The zero-order chi connectivity index (χ0) is 31.7. The molecule has 6 rings (SSSR count). The summed E-state index contributed by atoms with van der Waals surface area (Å²) in [6, 6.07) is 10.2. The molecule has 0 aliphatic carbocycles. The van der Waals surface area contributed by atoms with Crippen molar-refractivity contribution < 1.29 is 13.2 Å². The predicted molar refractivity (Wildman–Crippen MR) is 182 cm³/mol. The van der Waals surface area contributed by atoms with Gasteiger partial charge in [0.05, 0.1) is 45.3 Å². The van der Waals surface area contributed by atoms with E-state index in [2.05, 4.69) is 75.5 Å². The summed E-state index contributed by atoms with van der Waals surface area (Å²) in [6.07, 6.45) is 5.64. The number of nitrogens with one attached hydrogen (secondary N) is 2. The Kier molecular flexibility index (Phi) is 9.18. The normalized spacial score (nSPS) is 17.1. The van der Waals surface area contributed by atoms with Crippen LogP contribution in [0.15, 0.2) is 52.1 Å². The maximum atomic E-state index is 13.0. The van der Waals surface area contributed by atoms with Crippen molar-refractivity contribution in [2.75, 3.05) is 74.7 Å². The van der Waals surface area contributed by atoms with Gasteiger partial charge in [-0.25, -0.2) is 13.4 Å². The number of likely N-dealkylation sites (N-methyl/N-ethyl adjacent to an activating group) is 1. The molecule has 0 unspecified atom stereocenters. The van der Waals surface area contributed by atoms with Gasteiger partial charge in [-0.05, 0) is 60.1 Å². The molecule has 2 saturated heterocycles. The van der Waals surface area contributed by atoms with Gasteiger partial charge < -0.3 is 25.2 Å². The molecule has 0 amide bonds. The number of halogens is 1. The van der Waals surface area contributed by atoms with Crippen LogP contribution in [0, 0.1) is 0 Å². The highest BCUT2D eigenvalue weighted by molar-refractivity contribution is 9.10. The highest BCUT2D eigenvalue weighted by Crippen LogP contribution is 2.35. The molecule has 2 aromatic heterocycles. The summed E-state index contributed by atoms with van der Waals surface area (Å²) in [5, 5.41) is 11.6. The Hall–Kier alpha value is -3.46. The fourth-order valence-electron chi connectivity index (χ4n) is 6.11. The van der Waals surface area contributed by atoms with E-state index < -0.39 is 9.84 Å². The van der Waals surface area contributed by atoms with Crippen LogP contribution in [-0.2, 0) is 16.9 Å². The molecule has 12 nitrogen and oxygen atoms in total. The lowest BCUT2D eigenvalue weighted by Gasteiger charge is -2.42. The molecule has 2 fully saturated rings. The minimum atomic E-state index is -3.54. The van der Waals surface area contributed by atoms with E-state index in [0.29, 0.717) is 33.7 Å². The van der Waals surface area contributed by atoms with E-state index in [1.165, 1.54) is 0 Å². The second-order valence-corrected chi connectivity index (χ2v) is 14.8. The van der Waals surface area contributed by atoms with E-state index in [9.17, 15) is 8.42 Å². The van der Waals surface area contributed by atoms with Crippen molar-refractivity contribution >= 4 is 65.5 Å². The number of nitrogens with zero attached hydrogens (tertiary/aromatic N) is 7. The summed E-state index contributed by atoms with van der Waals surface area (Å²) < 4.78 is 34.1. The fourth-order valence-corrected chi connectivity index (χ4v) is 7.45. The lowest BCUT2D eigenvalue weighted by molar-refractivity contribution is 0.0982. The third-order valence-electron chi connectivity index (χ3n) is 8.88. The lowest BCUT2D eigenvalue weighted by atomic mass is 10.0. The van der Waals surface area contributed by atoms with Crippen LogP contribution in [0.4, 0.5) is 28.8 Å². The standard InChI is InChI=1S/C31H40BrN9O3S/c1-5-45(42,43)29-18-27-21(19-34-39(27)3)16-26(29)35-30-24(32)20-33-31(37-30)36-25-7-6-23(17-28(25)44-4)40-10-8-22(9-11-40)41-14-12-38(2)13-15-41/h6-7,16-20,22H,5,8-15H2,1-4H3,(H2,33,35,36,37). The van der Waals surface area contributed by atoms with Crippen LogP contribution in [-0.4, -0.2) is 103 Å².